The molecule has 1 aliphatic carbocycles. The number of hydrogen-bond acceptors (Lipinski definition) is 4. The molecule has 3 N–H and O–H groups in total. The van der Waals surface area contributed by atoms with E-state index >= 15 is 0 Å². The fourth-order valence-corrected chi connectivity index (χ4v) is 2.51. The number of alkyl carbamates (subject to hydrolysis) is 1. The molecule has 16 heavy (non-hydrogen) atoms. The van der Waals surface area contributed by atoms with E-state index in [-0.39, 0.29) is 12.1 Å². The minimum absolute atomic E-state index is 0.130. The molecule has 0 spiro atoms. The predicted octanol–water partition coefficient (Wildman–Crippen LogP) is 0.232. The lowest BCUT2D eigenvalue weighted by molar-refractivity contribution is 0.0377. The largest absolute Gasteiger partial charge is 0.444 e. The Morgan fingerprint density at radius 3 is 2.69 bits per heavy atom. The van der Waals surface area contributed by atoms with Gasteiger partial charge in [0.1, 0.15) is 5.60 Å². The van der Waals surface area contributed by atoms with Gasteiger partial charge in [0, 0.05) is 12.6 Å². The standard InChI is InChI=1S/C11H20N2O3/c1-11(2,3)16-10(15)13-8-6-4-7(9(8)14)12-5-6/h6-9,12,14H,4-5H2,1-3H3,(H,13,15). The van der Waals surface area contributed by atoms with Gasteiger partial charge in [0.2, 0.25) is 0 Å². The van der Waals surface area contributed by atoms with Gasteiger partial charge in [-0.05, 0) is 33.1 Å². The number of rotatable bonds is 1. The van der Waals surface area contributed by atoms with Crippen LogP contribution < -0.4 is 10.6 Å². The first-order valence-electron chi connectivity index (χ1n) is 5.78. The summed E-state index contributed by atoms with van der Waals surface area (Å²) >= 11 is 0. The van der Waals surface area contributed by atoms with Crippen molar-refractivity contribution in [3.05, 3.63) is 0 Å². The summed E-state index contributed by atoms with van der Waals surface area (Å²) in [7, 11) is 0. The highest BCUT2D eigenvalue weighted by Crippen LogP contribution is 2.31. The Labute approximate surface area is 95.5 Å². The van der Waals surface area contributed by atoms with Crippen LogP contribution >= 0.6 is 0 Å². The Morgan fingerprint density at radius 2 is 2.19 bits per heavy atom. The van der Waals surface area contributed by atoms with E-state index in [0.717, 1.165) is 13.0 Å². The van der Waals surface area contributed by atoms with Crippen LogP contribution in [0.1, 0.15) is 27.2 Å². The van der Waals surface area contributed by atoms with Crippen molar-refractivity contribution in [1.82, 2.24) is 10.6 Å². The van der Waals surface area contributed by atoms with E-state index in [2.05, 4.69) is 10.6 Å². The van der Waals surface area contributed by atoms with E-state index in [9.17, 15) is 9.90 Å². The van der Waals surface area contributed by atoms with Gasteiger partial charge >= 0.3 is 6.09 Å². The zero-order chi connectivity index (χ0) is 11.9. The molecule has 1 heterocycles. The molecule has 0 aromatic heterocycles. The third-order valence-electron chi connectivity index (χ3n) is 3.17. The maximum Gasteiger partial charge on any atom is 0.407 e. The van der Waals surface area contributed by atoms with Crippen molar-refractivity contribution in [3.8, 4) is 0 Å². The first-order chi connectivity index (χ1) is 7.37. The molecule has 0 aromatic rings. The Hall–Kier alpha value is -0.810. The second-order valence-corrected chi connectivity index (χ2v) is 5.67. The highest BCUT2D eigenvalue weighted by atomic mass is 16.6. The van der Waals surface area contributed by atoms with Crippen molar-refractivity contribution in [3.63, 3.8) is 0 Å². The van der Waals surface area contributed by atoms with E-state index in [0.29, 0.717) is 5.92 Å². The van der Waals surface area contributed by atoms with Crippen molar-refractivity contribution in [2.75, 3.05) is 6.54 Å². The summed E-state index contributed by atoms with van der Waals surface area (Å²) in [6.07, 6.45) is -0.00267. The number of piperidine rings is 1. The van der Waals surface area contributed by atoms with Crippen LogP contribution in [-0.2, 0) is 4.74 Å². The molecule has 1 saturated heterocycles. The van der Waals surface area contributed by atoms with Crippen LogP contribution in [-0.4, -0.2) is 41.5 Å². The number of ether oxygens (including phenoxy) is 1. The lowest BCUT2D eigenvalue weighted by Gasteiger charge is -2.29. The predicted molar refractivity (Wildman–Crippen MR) is 59.1 cm³/mol. The van der Waals surface area contributed by atoms with Gasteiger partial charge in [0.15, 0.2) is 0 Å². The van der Waals surface area contributed by atoms with Gasteiger partial charge in [0.05, 0.1) is 12.1 Å². The van der Waals surface area contributed by atoms with Crippen LogP contribution in [0.4, 0.5) is 4.79 Å². The Balaban J connectivity index is 1.88. The number of nitrogens with one attached hydrogen (secondary N) is 2. The van der Waals surface area contributed by atoms with Gasteiger partial charge < -0.3 is 20.5 Å². The van der Waals surface area contributed by atoms with Gasteiger partial charge in [-0.3, -0.25) is 0 Å². The number of aliphatic hydroxyl groups is 1. The Morgan fingerprint density at radius 1 is 1.50 bits per heavy atom. The number of carbonyl (C=O) groups excluding carboxylic acids is 1. The lowest BCUT2D eigenvalue weighted by Crippen LogP contribution is -2.54. The highest BCUT2D eigenvalue weighted by Gasteiger charge is 2.47. The molecule has 4 atom stereocenters. The van der Waals surface area contributed by atoms with E-state index in [1.165, 1.54) is 0 Å². The number of carbonyl (C=O) groups is 1. The maximum atomic E-state index is 11.6. The molecule has 1 saturated carbocycles. The number of hydrogen-bond donors (Lipinski definition) is 3. The first kappa shape index (κ1) is 11.7. The molecule has 1 aliphatic heterocycles. The van der Waals surface area contributed by atoms with Crippen LogP contribution in [0.5, 0.6) is 0 Å². The Kier molecular flexibility index (Phi) is 2.84. The van der Waals surface area contributed by atoms with Crippen LogP contribution in [0.2, 0.25) is 0 Å². The molecule has 0 radical (unpaired) electrons. The van der Waals surface area contributed by atoms with Crippen LogP contribution in [0.25, 0.3) is 0 Å². The van der Waals surface area contributed by atoms with E-state index in [1.807, 2.05) is 20.8 Å². The summed E-state index contributed by atoms with van der Waals surface area (Å²) in [4.78, 5) is 11.6. The van der Waals surface area contributed by atoms with Gasteiger partial charge in [-0.2, -0.15) is 0 Å². The molecule has 92 valence electrons. The minimum Gasteiger partial charge on any atom is -0.444 e. The second-order valence-electron chi connectivity index (χ2n) is 5.67. The average molecular weight is 228 g/mol. The Bertz CT molecular complexity index is 285. The fraction of sp³-hybridized carbons (Fsp3) is 0.909. The summed E-state index contributed by atoms with van der Waals surface area (Å²) in [6.45, 7) is 6.34. The van der Waals surface area contributed by atoms with Gasteiger partial charge in [0.25, 0.3) is 0 Å². The van der Waals surface area contributed by atoms with E-state index in [1.54, 1.807) is 0 Å². The summed E-state index contributed by atoms with van der Waals surface area (Å²) in [5.41, 5.74) is -0.495. The quantitative estimate of drug-likeness (QED) is 0.601. The van der Waals surface area contributed by atoms with Crippen molar-refractivity contribution in [2.24, 2.45) is 5.92 Å². The molecule has 4 unspecified atom stereocenters. The molecule has 2 aliphatic rings. The van der Waals surface area contributed by atoms with Gasteiger partial charge in [-0.25, -0.2) is 4.79 Å². The molecule has 5 heteroatoms. The van der Waals surface area contributed by atoms with Crippen molar-refractivity contribution >= 4 is 6.09 Å². The monoisotopic (exact) mass is 228 g/mol. The molecule has 2 fully saturated rings. The zero-order valence-corrected chi connectivity index (χ0v) is 9.99. The molecule has 2 rings (SSSR count). The molecular formula is C11H20N2O3. The average Bonchev–Trinajstić information content (AvgIpc) is 2.66. The second kappa shape index (κ2) is 3.89. The molecular weight excluding hydrogens is 208 g/mol. The summed E-state index contributed by atoms with van der Waals surface area (Å²) < 4.78 is 5.17. The SMILES string of the molecule is CC(C)(C)OC(=O)NC1C2CNC(C2)C1O. The third-order valence-corrected chi connectivity index (χ3v) is 3.17. The first-order valence-corrected chi connectivity index (χ1v) is 5.78. The summed E-state index contributed by atoms with van der Waals surface area (Å²) in [5.74, 6) is 0.326. The van der Waals surface area contributed by atoms with Crippen LogP contribution in [0, 0.1) is 5.92 Å². The normalized spacial score (nSPS) is 37.5. The van der Waals surface area contributed by atoms with E-state index in [4.69, 9.17) is 4.74 Å². The van der Waals surface area contributed by atoms with Crippen LogP contribution in [0.3, 0.4) is 0 Å². The molecule has 2 bridgehead atoms. The maximum absolute atomic E-state index is 11.6. The van der Waals surface area contributed by atoms with Crippen LogP contribution in [0.15, 0.2) is 0 Å². The van der Waals surface area contributed by atoms with Gasteiger partial charge in [-0.15, -0.1) is 0 Å². The summed E-state index contributed by atoms with van der Waals surface area (Å²) in [5, 5.41) is 15.9. The summed E-state index contributed by atoms with van der Waals surface area (Å²) in [6, 6.07) is -0.0361. The number of fused-ring (bicyclic) bond motifs is 2. The lowest BCUT2D eigenvalue weighted by atomic mass is 10.0. The highest BCUT2D eigenvalue weighted by molar-refractivity contribution is 5.68. The minimum atomic E-state index is -0.495. The smallest absolute Gasteiger partial charge is 0.407 e. The molecule has 5 nitrogen and oxygen atoms in total. The van der Waals surface area contributed by atoms with Crippen molar-refractivity contribution in [2.45, 2.75) is 51.0 Å². The van der Waals surface area contributed by atoms with E-state index < -0.39 is 17.8 Å². The third kappa shape index (κ3) is 2.30. The topological polar surface area (TPSA) is 70.6 Å². The number of amides is 1. The molecule has 0 aromatic carbocycles. The fourth-order valence-electron chi connectivity index (χ4n) is 2.51. The molecule has 1 amide bonds. The van der Waals surface area contributed by atoms with Crippen molar-refractivity contribution < 1.29 is 14.6 Å². The van der Waals surface area contributed by atoms with Gasteiger partial charge in [-0.1, -0.05) is 0 Å². The van der Waals surface area contributed by atoms with Crippen molar-refractivity contribution in [1.29, 1.82) is 0 Å². The number of aliphatic hydroxyl groups excluding tert-OH is 1. The zero-order valence-electron chi connectivity index (χ0n) is 9.99.